The molecule has 2 aromatic heterocycles. The number of hydrogen-bond acceptors (Lipinski definition) is 5. The van der Waals surface area contributed by atoms with Crippen molar-refractivity contribution in [3.8, 4) is 0 Å². The lowest BCUT2D eigenvalue weighted by Crippen LogP contribution is -2.33. The van der Waals surface area contributed by atoms with Crippen molar-refractivity contribution < 1.29 is 9.59 Å². The maximum Gasteiger partial charge on any atom is 0.272 e. The third-order valence-electron chi connectivity index (χ3n) is 3.05. The summed E-state index contributed by atoms with van der Waals surface area (Å²) in [5.41, 5.74) is 2.66. The summed E-state index contributed by atoms with van der Waals surface area (Å²) in [6, 6.07) is 1.67. The number of hydrogen-bond donors (Lipinski definition) is 2. The van der Waals surface area contributed by atoms with Gasteiger partial charge < -0.3 is 10.6 Å². The van der Waals surface area contributed by atoms with Crippen molar-refractivity contribution in [3.05, 3.63) is 28.0 Å². The zero-order chi connectivity index (χ0) is 15.6. The van der Waals surface area contributed by atoms with Crippen LogP contribution in [0.3, 0.4) is 0 Å². The van der Waals surface area contributed by atoms with Gasteiger partial charge in [-0.1, -0.05) is 0 Å². The Morgan fingerprint density at radius 1 is 1.33 bits per heavy atom. The second-order valence-corrected chi connectivity index (χ2v) is 5.70. The second kappa shape index (κ2) is 6.04. The Kier molecular flexibility index (Phi) is 4.37. The Bertz CT molecular complexity index is 650. The molecule has 0 aliphatic rings. The van der Waals surface area contributed by atoms with Crippen LogP contribution in [0, 0.1) is 20.8 Å². The molecule has 2 aromatic rings. The molecule has 8 heteroatoms. The second-order valence-electron chi connectivity index (χ2n) is 4.72. The number of aryl methyl sites for hydroxylation is 4. The molecule has 0 bridgehead atoms. The van der Waals surface area contributed by atoms with E-state index in [0.29, 0.717) is 11.4 Å². The van der Waals surface area contributed by atoms with E-state index in [2.05, 4.69) is 20.1 Å². The molecular weight excluding hydrogens is 290 g/mol. The molecule has 2 heterocycles. The number of aromatic nitrogens is 3. The molecule has 0 spiro atoms. The predicted molar refractivity (Wildman–Crippen MR) is 80.5 cm³/mol. The van der Waals surface area contributed by atoms with E-state index in [1.165, 1.54) is 11.5 Å². The molecule has 112 valence electrons. The molecule has 21 heavy (non-hydrogen) atoms. The zero-order valence-corrected chi connectivity index (χ0v) is 13.2. The molecule has 7 nitrogen and oxygen atoms in total. The van der Waals surface area contributed by atoms with Crippen molar-refractivity contribution in [2.75, 3.05) is 11.9 Å². The summed E-state index contributed by atoms with van der Waals surface area (Å²) >= 11 is 1.33. The van der Waals surface area contributed by atoms with Gasteiger partial charge in [-0.2, -0.15) is 9.47 Å². The van der Waals surface area contributed by atoms with Crippen molar-refractivity contribution in [1.29, 1.82) is 0 Å². The van der Waals surface area contributed by atoms with Crippen LogP contribution in [-0.2, 0) is 11.8 Å². The Labute approximate surface area is 126 Å². The first-order valence-electron chi connectivity index (χ1n) is 6.40. The summed E-state index contributed by atoms with van der Waals surface area (Å²) < 4.78 is 5.76. The lowest BCUT2D eigenvalue weighted by atomic mass is 10.3. The first-order valence-corrected chi connectivity index (χ1v) is 7.17. The molecule has 0 unspecified atom stereocenters. The van der Waals surface area contributed by atoms with Gasteiger partial charge in [0.25, 0.3) is 5.91 Å². The molecule has 2 amide bonds. The summed E-state index contributed by atoms with van der Waals surface area (Å²) in [6.07, 6.45) is 0. The van der Waals surface area contributed by atoms with Crippen LogP contribution in [-0.4, -0.2) is 32.5 Å². The van der Waals surface area contributed by atoms with Gasteiger partial charge in [0.15, 0.2) is 0 Å². The SMILES string of the molecule is Cc1nsc(C)c1NC(=O)CNC(=O)c1cc(C)n(C)n1. The predicted octanol–water partition coefficient (Wildman–Crippen LogP) is 1.17. The van der Waals surface area contributed by atoms with Crippen LogP contribution < -0.4 is 10.6 Å². The van der Waals surface area contributed by atoms with Crippen molar-refractivity contribution in [2.24, 2.45) is 7.05 Å². The topological polar surface area (TPSA) is 88.9 Å². The number of nitrogens with zero attached hydrogens (tertiary/aromatic N) is 3. The Hall–Kier alpha value is -2.22. The highest BCUT2D eigenvalue weighted by Crippen LogP contribution is 2.22. The van der Waals surface area contributed by atoms with Crippen LogP contribution in [0.15, 0.2) is 6.07 Å². The summed E-state index contributed by atoms with van der Waals surface area (Å²) in [7, 11) is 1.76. The van der Waals surface area contributed by atoms with Crippen LogP contribution in [0.25, 0.3) is 0 Å². The average molecular weight is 307 g/mol. The number of rotatable bonds is 4. The van der Waals surface area contributed by atoms with Gasteiger partial charge >= 0.3 is 0 Å². The number of amides is 2. The normalized spacial score (nSPS) is 10.5. The van der Waals surface area contributed by atoms with Gasteiger partial charge in [-0.3, -0.25) is 14.3 Å². The molecule has 0 aliphatic carbocycles. The average Bonchev–Trinajstić information content (AvgIpc) is 2.93. The Morgan fingerprint density at radius 2 is 2.05 bits per heavy atom. The minimum atomic E-state index is -0.370. The fourth-order valence-corrected chi connectivity index (χ4v) is 2.42. The van der Waals surface area contributed by atoms with Crippen LogP contribution in [0.1, 0.15) is 26.8 Å². The highest BCUT2D eigenvalue weighted by Gasteiger charge is 2.14. The molecule has 0 saturated heterocycles. The van der Waals surface area contributed by atoms with Crippen molar-refractivity contribution in [1.82, 2.24) is 19.5 Å². The first-order chi connectivity index (χ1) is 9.88. The van der Waals surface area contributed by atoms with E-state index in [4.69, 9.17) is 0 Å². The minimum Gasteiger partial charge on any atom is -0.342 e. The molecular formula is C13H17N5O2S. The van der Waals surface area contributed by atoms with E-state index in [0.717, 1.165) is 16.3 Å². The molecule has 2 N–H and O–H groups in total. The van der Waals surface area contributed by atoms with Gasteiger partial charge in [-0.25, -0.2) is 0 Å². The Balaban J connectivity index is 1.91. The van der Waals surface area contributed by atoms with E-state index in [1.54, 1.807) is 17.8 Å². The maximum atomic E-state index is 11.9. The van der Waals surface area contributed by atoms with Crippen LogP contribution in [0.2, 0.25) is 0 Å². The largest absolute Gasteiger partial charge is 0.342 e. The summed E-state index contributed by atoms with van der Waals surface area (Å²) in [4.78, 5) is 24.7. The van der Waals surface area contributed by atoms with Crippen LogP contribution >= 0.6 is 11.5 Å². The van der Waals surface area contributed by atoms with Gasteiger partial charge in [0.1, 0.15) is 5.69 Å². The first kappa shape index (κ1) is 15.2. The Morgan fingerprint density at radius 3 is 2.57 bits per heavy atom. The number of carbonyl (C=O) groups is 2. The van der Waals surface area contributed by atoms with Gasteiger partial charge in [-0.15, -0.1) is 0 Å². The van der Waals surface area contributed by atoms with E-state index in [9.17, 15) is 9.59 Å². The van der Waals surface area contributed by atoms with Crippen molar-refractivity contribution >= 4 is 29.0 Å². The van der Waals surface area contributed by atoms with E-state index in [1.807, 2.05) is 20.8 Å². The molecule has 2 rings (SSSR count). The van der Waals surface area contributed by atoms with Crippen LogP contribution in [0.5, 0.6) is 0 Å². The third-order valence-corrected chi connectivity index (χ3v) is 3.90. The summed E-state index contributed by atoms with van der Waals surface area (Å²) in [6.45, 7) is 5.46. The minimum absolute atomic E-state index is 0.108. The molecule has 0 atom stereocenters. The lowest BCUT2D eigenvalue weighted by Gasteiger charge is -2.06. The maximum absolute atomic E-state index is 11.9. The molecule has 0 aromatic carbocycles. The van der Waals surface area contributed by atoms with Gasteiger partial charge in [0.05, 0.1) is 17.9 Å². The summed E-state index contributed by atoms with van der Waals surface area (Å²) in [5.74, 6) is -0.659. The fraction of sp³-hybridized carbons (Fsp3) is 0.385. The fourth-order valence-electron chi connectivity index (χ4n) is 1.77. The van der Waals surface area contributed by atoms with Crippen LogP contribution in [0.4, 0.5) is 5.69 Å². The van der Waals surface area contributed by atoms with Gasteiger partial charge in [0.2, 0.25) is 5.91 Å². The van der Waals surface area contributed by atoms with E-state index < -0.39 is 0 Å². The standard InChI is InChI=1S/C13H17N5O2S/c1-7-5-10(16-18(7)4)13(20)14-6-11(19)15-12-8(2)17-21-9(12)3/h5H,6H2,1-4H3,(H,14,20)(H,15,19). The molecule has 0 aliphatic heterocycles. The number of nitrogens with one attached hydrogen (secondary N) is 2. The summed E-state index contributed by atoms with van der Waals surface area (Å²) in [5, 5.41) is 9.35. The smallest absolute Gasteiger partial charge is 0.272 e. The van der Waals surface area contributed by atoms with E-state index >= 15 is 0 Å². The van der Waals surface area contributed by atoms with Gasteiger partial charge in [-0.05, 0) is 38.4 Å². The molecule has 0 radical (unpaired) electrons. The van der Waals surface area contributed by atoms with E-state index in [-0.39, 0.29) is 18.4 Å². The monoisotopic (exact) mass is 307 g/mol. The zero-order valence-electron chi connectivity index (χ0n) is 12.4. The quantitative estimate of drug-likeness (QED) is 0.887. The highest BCUT2D eigenvalue weighted by atomic mass is 32.1. The number of anilines is 1. The highest BCUT2D eigenvalue weighted by molar-refractivity contribution is 7.06. The molecule has 0 saturated carbocycles. The van der Waals surface area contributed by atoms with Crippen molar-refractivity contribution in [3.63, 3.8) is 0 Å². The van der Waals surface area contributed by atoms with Crippen molar-refractivity contribution in [2.45, 2.75) is 20.8 Å². The third kappa shape index (κ3) is 3.46. The lowest BCUT2D eigenvalue weighted by molar-refractivity contribution is -0.115. The van der Waals surface area contributed by atoms with Gasteiger partial charge in [0, 0.05) is 17.6 Å². The molecule has 0 fully saturated rings. The number of carbonyl (C=O) groups excluding carboxylic acids is 2.